The molecule has 1 heteroatoms. The van der Waals surface area contributed by atoms with Crippen LogP contribution in [-0.2, 0) is 6.42 Å². The maximum Gasteiger partial charge on any atom is 0.140 e. The standard InChI is InChI=1S/C18H18O/c19-18(17-13-7-3-8-14-17)15-9-2-6-12-16-10-4-1-5-11-16/h1,3-5,7-8,10-11,13-14,18-19H,2,6,12H2/t18-/m0/s1. The van der Waals surface area contributed by atoms with Crippen LogP contribution in [0, 0.1) is 11.8 Å². The molecule has 19 heavy (non-hydrogen) atoms. The predicted octanol–water partition coefficient (Wildman–Crippen LogP) is 3.75. The second kappa shape index (κ2) is 7.41. The van der Waals surface area contributed by atoms with E-state index in [9.17, 15) is 5.11 Å². The van der Waals surface area contributed by atoms with Crippen LogP contribution in [0.4, 0.5) is 0 Å². The Hall–Kier alpha value is -2.04. The van der Waals surface area contributed by atoms with Gasteiger partial charge < -0.3 is 5.11 Å². The third kappa shape index (κ3) is 4.62. The highest BCUT2D eigenvalue weighted by atomic mass is 16.3. The number of rotatable bonds is 4. The highest BCUT2D eigenvalue weighted by Crippen LogP contribution is 2.10. The molecular formula is C18H18O. The van der Waals surface area contributed by atoms with E-state index in [0.29, 0.717) is 0 Å². The Kier molecular flexibility index (Phi) is 5.22. The number of hydrogen-bond acceptors (Lipinski definition) is 1. The van der Waals surface area contributed by atoms with Crippen molar-refractivity contribution in [2.24, 2.45) is 0 Å². The summed E-state index contributed by atoms with van der Waals surface area (Å²) in [6.07, 6.45) is 2.21. The molecular weight excluding hydrogens is 232 g/mol. The van der Waals surface area contributed by atoms with E-state index in [2.05, 4.69) is 36.1 Å². The number of benzene rings is 2. The fraction of sp³-hybridized carbons (Fsp3) is 0.222. The molecule has 0 radical (unpaired) electrons. The van der Waals surface area contributed by atoms with Crippen LogP contribution in [0.1, 0.15) is 30.1 Å². The minimum atomic E-state index is -0.669. The molecule has 0 aromatic heterocycles. The summed E-state index contributed by atoms with van der Waals surface area (Å²) in [5.74, 6) is 5.94. The third-order valence-electron chi connectivity index (χ3n) is 2.96. The van der Waals surface area contributed by atoms with Crippen LogP contribution >= 0.6 is 0 Å². The molecule has 1 atom stereocenters. The van der Waals surface area contributed by atoms with E-state index < -0.39 is 6.10 Å². The maximum atomic E-state index is 9.86. The normalized spacial score (nSPS) is 11.4. The number of aryl methyl sites for hydroxylation is 1. The van der Waals surface area contributed by atoms with Crippen LogP contribution in [0.5, 0.6) is 0 Å². The van der Waals surface area contributed by atoms with E-state index in [1.165, 1.54) is 5.56 Å². The van der Waals surface area contributed by atoms with Crippen molar-refractivity contribution in [1.29, 1.82) is 0 Å². The fourth-order valence-corrected chi connectivity index (χ4v) is 1.91. The van der Waals surface area contributed by atoms with Gasteiger partial charge in [0, 0.05) is 6.42 Å². The summed E-state index contributed by atoms with van der Waals surface area (Å²) in [4.78, 5) is 0. The molecule has 0 saturated heterocycles. The number of unbranched alkanes of at least 4 members (excludes halogenated alkanes) is 1. The molecule has 0 bridgehead atoms. The molecule has 2 aromatic carbocycles. The van der Waals surface area contributed by atoms with Crippen LogP contribution < -0.4 is 0 Å². The Labute approximate surface area is 114 Å². The summed E-state index contributed by atoms with van der Waals surface area (Å²) in [5.41, 5.74) is 2.20. The van der Waals surface area contributed by atoms with Crippen LogP contribution in [0.25, 0.3) is 0 Å². The smallest absolute Gasteiger partial charge is 0.140 e. The molecule has 0 unspecified atom stereocenters. The minimum absolute atomic E-state index is 0.669. The summed E-state index contributed by atoms with van der Waals surface area (Å²) in [6, 6.07) is 19.9. The molecule has 0 aliphatic rings. The van der Waals surface area contributed by atoms with Crippen molar-refractivity contribution < 1.29 is 5.11 Å². The highest BCUT2D eigenvalue weighted by molar-refractivity contribution is 5.24. The van der Waals surface area contributed by atoms with Gasteiger partial charge in [-0.05, 0) is 24.0 Å². The molecule has 0 saturated carbocycles. The molecule has 0 amide bonds. The lowest BCUT2D eigenvalue weighted by molar-refractivity contribution is 0.238. The average Bonchev–Trinajstić information content (AvgIpc) is 2.49. The van der Waals surface area contributed by atoms with Gasteiger partial charge in [0.25, 0.3) is 0 Å². The van der Waals surface area contributed by atoms with Crippen LogP contribution in [0.3, 0.4) is 0 Å². The van der Waals surface area contributed by atoms with Crippen LogP contribution in [-0.4, -0.2) is 5.11 Å². The summed E-state index contributed by atoms with van der Waals surface area (Å²) in [5, 5.41) is 9.86. The van der Waals surface area contributed by atoms with Gasteiger partial charge in [0.1, 0.15) is 6.10 Å². The highest BCUT2D eigenvalue weighted by Gasteiger charge is 2.00. The van der Waals surface area contributed by atoms with Crippen molar-refractivity contribution in [1.82, 2.24) is 0 Å². The van der Waals surface area contributed by atoms with E-state index in [4.69, 9.17) is 0 Å². The van der Waals surface area contributed by atoms with Crippen molar-refractivity contribution in [3.63, 3.8) is 0 Å². The first-order valence-corrected chi connectivity index (χ1v) is 6.61. The van der Waals surface area contributed by atoms with Gasteiger partial charge in [0.05, 0.1) is 0 Å². The Morgan fingerprint density at radius 2 is 1.53 bits per heavy atom. The van der Waals surface area contributed by atoms with Crippen molar-refractivity contribution >= 4 is 0 Å². The Bertz CT molecular complexity index is 534. The second-order valence-electron chi connectivity index (χ2n) is 4.47. The maximum absolute atomic E-state index is 9.86. The van der Waals surface area contributed by atoms with Crippen molar-refractivity contribution in [3.05, 3.63) is 71.8 Å². The second-order valence-corrected chi connectivity index (χ2v) is 4.47. The molecule has 1 nitrogen and oxygen atoms in total. The molecule has 0 aliphatic heterocycles. The monoisotopic (exact) mass is 250 g/mol. The van der Waals surface area contributed by atoms with E-state index in [0.717, 1.165) is 24.8 Å². The van der Waals surface area contributed by atoms with E-state index >= 15 is 0 Å². The van der Waals surface area contributed by atoms with Crippen molar-refractivity contribution in [2.45, 2.75) is 25.4 Å². The first-order chi connectivity index (χ1) is 9.36. The van der Waals surface area contributed by atoms with Crippen molar-refractivity contribution in [3.8, 4) is 11.8 Å². The summed E-state index contributed by atoms with van der Waals surface area (Å²) < 4.78 is 0. The van der Waals surface area contributed by atoms with Crippen LogP contribution in [0.15, 0.2) is 60.7 Å². The molecule has 1 N–H and O–H groups in total. The Balaban J connectivity index is 1.76. The van der Waals surface area contributed by atoms with E-state index in [1.807, 2.05) is 36.4 Å². The zero-order valence-electron chi connectivity index (χ0n) is 10.9. The quantitative estimate of drug-likeness (QED) is 0.647. The topological polar surface area (TPSA) is 20.2 Å². The third-order valence-corrected chi connectivity index (χ3v) is 2.96. The minimum Gasteiger partial charge on any atom is -0.376 e. The molecule has 0 fully saturated rings. The number of aliphatic hydroxyl groups excluding tert-OH is 1. The molecule has 2 rings (SSSR count). The summed E-state index contributed by atoms with van der Waals surface area (Å²) in [7, 11) is 0. The molecule has 96 valence electrons. The first kappa shape index (κ1) is 13.4. The van der Waals surface area contributed by atoms with Crippen LogP contribution in [0.2, 0.25) is 0 Å². The molecule has 2 aromatic rings. The fourth-order valence-electron chi connectivity index (χ4n) is 1.91. The lowest BCUT2D eigenvalue weighted by Gasteiger charge is -2.02. The van der Waals surface area contributed by atoms with Gasteiger partial charge in [-0.25, -0.2) is 0 Å². The van der Waals surface area contributed by atoms with Gasteiger partial charge in [-0.3, -0.25) is 0 Å². The first-order valence-electron chi connectivity index (χ1n) is 6.61. The largest absolute Gasteiger partial charge is 0.376 e. The summed E-state index contributed by atoms with van der Waals surface area (Å²) >= 11 is 0. The van der Waals surface area contributed by atoms with Crippen molar-refractivity contribution in [2.75, 3.05) is 0 Å². The molecule has 0 spiro atoms. The van der Waals surface area contributed by atoms with Gasteiger partial charge in [0.2, 0.25) is 0 Å². The summed E-state index contributed by atoms with van der Waals surface area (Å²) in [6.45, 7) is 0. The van der Waals surface area contributed by atoms with Gasteiger partial charge in [-0.15, -0.1) is 5.92 Å². The SMILES string of the molecule is O[C@@H](C#CCCCc1ccccc1)c1ccccc1. The predicted molar refractivity (Wildman–Crippen MR) is 78.6 cm³/mol. The zero-order chi connectivity index (χ0) is 13.3. The van der Waals surface area contributed by atoms with Gasteiger partial charge in [0.15, 0.2) is 0 Å². The number of hydrogen-bond donors (Lipinski definition) is 1. The molecule has 0 aliphatic carbocycles. The zero-order valence-corrected chi connectivity index (χ0v) is 10.9. The van der Waals surface area contributed by atoms with Gasteiger partial charge in [-0.1, -0.05) is 66.6 Å². The van der Waals surface area contributed by atoms with E-state index in [1.54, 1.807) is 0 Å². The Morgan fingerprint density at radius 1 is 0.895 bits per heavy atom. The van der Waals surface area contributed by atoms with E-state index in [-0.39, 0.29) is 0 Å². The number of aliphatic hydroxyl groups is 1. The Morgan fingerprint density at radius 3 is 2.21 bits per heavy atom. The lowest BCUT2D eigenvalue weighted by Crippen LogP contribution is -1.92. The average molecular weight is 250 g/mol. The van der Waals surface area contributed by atoms with Gasteiger partial charge in [-0.2, -0.15) is 0 Å². The molecule has 0 heterocycles. The van der Waals surface area contributed by atoms with Gasteiger partial charge >= 0.3 is 0 Å². The lowest BCUT2D eigenvalue weighted by atomic mass is 10.1.